The number of amides is 1. The van der Waals surface area contributed by atoms with Gasteiger partial charge in [-0.05, 0) is 38.8 Å². The van der Waals surface area contributed by atoms with E-state index in [2.05, 4.69) is 48.7 Å². The highest BCUT2D eigenvalue weighted by Crippen LogP contribution is 2.33. The van der Waals surface area contributed by atoms with Gasteiger partial charge in [-0.1, -0.05) is 28.1 Å². The monoisotopic (exact) mass is 496 g/mol. The van der Waals surface area contributed by atoms with Gasteiger partial charge >= 0.3 is 0 Å². The van der Waals surface area contributed by atoms with Crippen molar-refractivity contribution < 1.29 is 4.79 Å². The third kappa shape index (κ3) is 3.87. The number of rotatable bonds is 3. The van der Waals surface area contributed by atoms with Crippen LogP contribution in [0.2, 0.25) is 0 Å². The molecule has 1 saturated heterocycles. The molecule has 0 radical (unpaired) electrons. The first-order chi connectivity index (χ1) is 15.0. The van der Waals surface area contributed by atoms with E-state index >= 15 is 0 Å². The van der Waals surface area contributed by atoms with Crippen molar-refractivity contribution >= 4 is 38.8 Å². The number of hydrogen-bond donors (Lipinski definition) is 0. The summed E-state index contributed by atoms with van der Waals surface area (Å²) in [5, 5.41) is 16.1. The highest BCUT2D eigenvalue weighted by atomic mass is 79.9. The summed E-state index contributed by atoms with van der Waals surface area (Å²) >= 11 is 5.23. The lowest BCUT2D eigenvalue weighted by molar-refractivity contribution is 0.0704. The number of aromatic nitrogens is 5. The summed E-state index contributed by atoms with van der Waals surface area (Å²) in [5.74, 6) is 0.297. The highest BCUT2D eigenvalue weighted by molar-refractivity contribution is 9.10. The van der Waals surface area contributed by atoms with Crippen LogP contribution < -0.4 is 0 Å². The van der Waals surface area contributed by atoms with Crippen molar-refractivity contribution in [1.82, 2.24) is 29.7 Å². The second-order valence-electron chi connectivity index (χ2n) is 7.84. The lowest BCUT2D eigenvalue weighted by Gasteiger charge is -2.31. The molecule has 0 unspecified atom stereocenters. The molecule has 4 heterocycles. The summed E-state index contributed by atoms with van der Waals surface area (Å²) in [4.78, 5) is 19.9. The van der Waals surface area contributed by atoms with Crippen molar-refractivity contribution in [2.75, 3.05) is 13.1 Å². The predicted octanol–water partition coefficient (Wildman–Crippen LogP) is 4.65. The van der Waals surface area contributed by atoms with Crippen LogP contribution in [0, 0.1) is 13.8 Å². The SMILES string of the molecule is Cc1cc2nnc(C(=O)N3CCC(c4nc(-c5cccc(Br)c5)cs4)CC3)c(C)n2n1. The van der Waals surface area contributed by atoms with Crippen molar-refractivity contribution in [2.45, 2.75) is 32.6 Å². The molecule has 1 amide bonds. The molecule has 0 atom stereocenters. The fourth-order valence-electron chi connectivity index (χ4n) is 4.01. The van der Waals surface area contributed by atoms with Gasteiger partial charge in [-0.25, -0.2) is 9.50 Å². The van der Waals surface area contributed by atoms with Crippen LogP contribution in [0.4, 0.5) is 0 Å². The van der Waals surface area contributed by atoms with Crippen molar-refractivity contribution in [3.63, 3.8) is 0 Å². The molecule has 1 aromatic carbocycles. The number of carbonyl (C=O) groups is 1. The average molecular weight is 497 g/mol. The Morgan fingerprint density at radius 2 is 1.97 bits per heavy atom. The number of halogens is 1. The number of thiazole rings is 1. The van der Waals surface area contributed by atoms with Crippen LogP contribution in [0.5, 0.6) is 0 Å². The Morgan fingerprint density at radius 1 is 1.16 bits per heavy atom. The van der Waals surface area contributed by atoms with Crippen LogP contribution in [0.25, 0.3) is 16.9 Å². The van der Waals surface area contributed by atoms with E-state index in [4.69, 9.17) is 4.98 Å². The maximum absolute atomic E-state index is 13.1. The van der Waals surface area contributed by atoms with E-state index in [9.17, 15) is 4.79 Å². The van der Waals surface area contributed by atoms with Crippen molar-refractivity contribution in [1.29, 1.82) is 0 Å². The van der Waals surface area contributed by atoms with E-state index in [1.54, 1.807) is 15.9 Å². The van der Waals surface area contributed by atoms with E-state index < -0.39 is 0 Å². The number of benzene rings is 1. The second-order valence-corrected chi connectivity index (χ2v) is 9.64. The molecule has 4 aromatic rings. The van der Waals surface area contributed by atoms with Gasteiger partial charge in [-0.15, -0.1) is 21.5 Å². The number of nitrogens with zero attached hydrogens (tertiary/aromatic N) is 6. The van der Waals surface area contributed by atoms with Crippen LogP contribution in [0.3, 0.4) is 0 Å². The molecule has 31 heavy (non-hydrogen) atoms. The molecule has 9 heteroatoms. The Morgan fingerprint density at radius 3 is 2.74 bits per heavy atom. The molecule has 0 N–H and O–H groups in total. The van der Waals surface area contributed by atoms with E-state index in [0.29, 0.717) is 30.3 Å². The van der Waals surface area contributed by atoms with Crippen molar-refractivity contribution in [3.8, 4) is 11.3 Å². The van der Waals surface area contributed by atoms with Gasteiger partial charge in [0.1, 0.15) is 0 Å². The zero-order chi connectivity index (χ0) is 21.5. The standard InChI is InChI=1S/C22H21BrN6OS/c1-13-10-19-25-26-20(14(2)29(19)27-13)22(30)28-8-6-15(7-9-28)21-24-18(12-31-21)16-4-3-5-17(23)11-16/h3-5,10-12,15H,6-9H2,1-2H3. The second kappa shape index (κ2) is 8.12. The van der Waals surface area contributed by atoms with Gasteiger partial charge < -0.3 is 4.90 Å². The topological polar surface area (TPSA) is 76.3 Å². The first kappa shape index (κ1) is 20.3. The quantitative estimate of drug-likeness (QED) is 0.412. The van der Waals surface area contributed by atoms with Crippen molar-refractivity contribution in [2.24, 2.45) is 0 Å². The van der Waals surface area contributed by atoms with Gasteiger partial charge in [0.2, 0.25) is 0 Å². The molecule has 1 aliphatic heterocycles. The first-order valence-corrected chi connectivity index (χ1v) is 11.9. The van der Waals surface area contributed by atoms with Gasteiger partial charge in [0.25, 0.3) is 5.91 Å². The molecule has 1 fully saturated rings. The molecule has 1 aliphatic rings. The van der Waals surface area contributed by atoms with Crippen molar-refractivity contribution in [3.05, 3.63) is 62.3 Å². The summed E-state index contributed by atoms with van der Waals surface area (Å²) < 4.78 is 2.75. The Bertz CT molecular complexity index is 1270. The van der Waals surface area contributed by atoms with Crippen LogP contribution in [0.15, 0.2) is 40.2 Å². The highest BCUT2D eigenvalue weighted by Gasteiger charge is 2.28. The first-order valence-electron chi connectivity index (χ1n) is 10.2. The number of likely N-dealkylation sites (tertiary alicyclic amines) is 1. The molecule has 0 bridgehead atoms. The zero-order valence-corrected chi connectivity index (χ0v) is 19.7. The summed E-state index contributed by atoms with van der Waals surface area (Å²) in [6.45, 7) is 5.15. The number of aryl methyl sites for hydroxylation is 2. The molecular weight excluding hydrogens is 476 g/mol. The van der Waals surface area contributed by atoms with Crippen LogP contribution in [-0.4, -0.2) is 48.7 Å². The lowest BCUT2D eigenvalue weighted by Crippen LogP contribution is -2.39. The molecule has 158 valence electrons. The van der Waals surface area contributed by atoms with Gasteiger partial charge in [-0.2, -0.15) is 5.10 Å². The summed E-state index contributed by atoms with van der Waals surface area (Å²) in [5.41, 5.74) is 4.74. The van der Waals surface area contributed by atoms with Gasteiger partial charge in [-0.3, -0.25) is 4.79 Å². The van der Waals surface area contributed by atoms with E-state index in [-0.39, 0.29) is 5.91 Å². The Hall–Kier alpha value is -2.65. The summed E-state index contributed by atoms with van der Waals surface area (Å²) in [6, 6.07) is 10.1. The number of carbonyl (C=O) groups excluding carboxylic acids is 1. The molecule has 0 spiro atoms. The number of fused-ring (bicyclic) bond motifs is 1. The van der Waals surface area contributed by atoms with E-state index in [1.165, 1.54) is 0 Å². The average Bonchev–Trinajstić information content (AvgIpc) is 3.41. The minimum absolute atomic E-state index is 0.0764. The molecule has 7 nitrogen and oxygen atoms in total. The van der Waals surface area contributed by atoms with Crippen LogP contribution in [-0.2, 0) is 0 Å². The Labute approximate surface area is 192 Å². The van der Waals surface area contributed by atoms with Gasteiger partial charge in [0, 0.05) is 40.5 Å². The fraction of sp³-hybridized carbons (Fsp3) is 0.318. The molecule has 3 aromatic heterocycles. The molecule has 5 rings (SSSR count). The molecular formula is C22H21BrN6OS. The minimum Gasteiger partial charge on any atom is -0.337 e. The third-order valence-electron chi connectivity index (χ3n) is 5.70. The zero-order valence-electron chi connectivity index (χ0n) is 17.2. The van der Waals surface area contributed by atoms with E-state index in [1.807, 2.05) is 36.9 Å². The Balaban J connectivity index is 1.29. The predicted molar refractivity (Wildman–Crippen MR) is 123 cm³/mol. The largest absolute Gasteiger partial charge is 0.337 e. The van der Waals surface area contributed by atoms with Crippen LogP contribution >= 0.6 is 27.3 Å². The van der Waals surface area contributed by atoms with Crippen LogP contribution in [0.1, 0.15) is 45.6 Å². The summed E-state index contributed by atoms with van der Waals surface area (Å²) in [7, 11) is 0. The van der Waals surface area contributed by atoms with E-state index in [0.717, 1.165) is 45.0 Å². The molecule has 0 saturated carbocycles. The van der Waals surface area contributed by atoms with Gasteiger partial charge in [0.05, 0.1) is 22.1 Å². The summed E-state index contributed by atoms with van der Waals surface area (Å²) in [6.07, 6.45) is 1.79. The minimum atomic E-state index is -0.0764. The maximum atomic E-state index is 13.1. The molecule has 0 aliphatic carbocycles. The number of piperidine rings is 1. The smallest absolute Gasteiger partial charge is 0.276 e. The van der Waals surface area contributed by atoms with Gasteiger partial charge in [0.15, 0.2) is 11.3 Å². The normalized spacial score (nSPS) is 15.0. The fourth-order valence-corrected chi connectivity index (χ4v) is 5.41. The lowest BCUT2D eigenvalue weighted by atomic mass is 9.97. The Kier molecular flexibility index (Phi) is 5.31. The number of hydrogen-bond acceptors (Lipinski definition) is 6. The maximum Gasteiger partial charge on any atom is 0.276 e. The third-order valence-corrected chi connectivity index (χ3v) is 7.20.